The summed E-state index contributed by atoms with van der Waals surface area (Å²) in [5.41, 5.74) is 8.57. The van der Waals surface area contributed by atoms with Crippen LogP contribution in [0.25, 0.3) is 22.3 Å². The van der Waals surface area contributed by atoms with Crippen LogP contribution in [-0.4, -0.2) is 84.6 Å². The number of piperidine rings is 1. The van der Waals surface area contributed by atoms with Crippen molar-refractivity contribution in [3.63, 3.8) is 0 Å². The first kappa shape index (κ1) is 24.4. The van der Waals surface area contributed by atoms with Gasteiger partial charge in [-0.1, -0.05) is 0 Å². The largest absolute Gasteiger partial charge is 0.346 e. The fraction of sp³-hybridized carbons (Fsp3) is 0.615. The van der Waals surface area contributed by atoms with Crippen LogP contribution >= 0.6 is 0 Å². The van der Waals surface area contributed by atoms with Crippen molar-refractivity contribution in [1.29, 1.82) is 0 Å². The quantitative estimate of drug-likeness (QED) is 0.544. The molecular formula is C26H34F2N8O. The Kier molecular flexibility index (Phi) is 6.02. The second-order valence-corrected chi connectivity index (χ2v) is 11.2. The molecule has 3 aromatic heterocycles. The number of aromatic amines is 1. The molecule has 2 aliphatic heterocycles. The molecule has 1 amide bonds. The zero-order valence-electron chi connectivity index (χ0n) is 21.1. The molecule has 37 heavy (non-hydrogen) atoms. The van der Waals surface area contributed by atoms with Gasteiger partial charge in [-0.15, -0.1) is 0 Å². The van der Waals surface area contributed by atoms with Crippen molar-refractivity contribution in [3.05, 3.63) is 31.0 Å². The Labute approximate surface area is 214 Å². The number of fused-ring (bicyclic) bond motifs is 1. The Hall–Kier alpha value is -2.92. The number of nitrogens with one attached hydrogen (secondary N) is 1. The molecule has 2 saturated heterocycles. The van der Waals surface area contributed by atoms with Crippen LogP contribution < -0.4 is 5.73 Å². The minimum atomic E-state index is -2.61. The van der Waals surface area contributed by atoms with Crippen LogP contribution in [0.4, 0.5) is 8.78 Å². The van der Waals surface area contributed by atoms with E-state index in [9.17, 15) is 13.6 Å². The molecule has 0 bridgehead atoms. The lowest BCUT2D eigenvalue weighted by atomic mass is 9.83. The van der Waals surface area contributed by atoms with Crippen molar-refractivity contribution in [2.75, 3.05) is 26.2 Å². The molecule has 9 nitrogen and oxygen atoms in total. The molecule has 3 aliphatic rings. The van der Waals surface area contributed by atoms with Crippen molar-refractivity contribution >= 4 is 16.9 Å². The van der Waals surface area contributed by atoms with Gasteiger partial charge in [0.15, 0.2) is 0 Å². The third-order valence-electron chi connectivity index (χ3n) is 8.79. The number of nitrogens with zero attached hydrogens (tertiary/aromatic N) is 6. The second-order valence-electron chi connectivity index (χ2n) is 11.2. The average molecular weight is 513 g/mol. The van der Waals surface area contributed by atoms with Gasteiger partial charge in [0.1, 0.15) is 17.5 Å². The SMILES string of the molecule is CC1CC(N2CC(CN)(n3cc(-c4ncnc5[nH]ccc45)cn3)C2)CCN1C(=O)C1CCC(F)(F)CC1. The Bertz CT molecular complexity index is 1270. The summed E-state index contributed by atoms with van der Waals surface area (Å²) in [6.07, 6.45) is 9.27. The van der Waals surface area contributed by atoms with Gasteiger partial charge in [0.25, 0.3) is 0 Å². The maximum atomic E-state index is 13.5. The number of aromatic nitrogens is 5. The Balaban J connectivity index is 1.09. The third-order valence-corrected chi connectivity index (χ3v) is 8.79. The van der Waals surface area contributed by atoms with E-state index in [0.29, 0.717) is 32.0 Å². The van der Waals surface area contributed by atoms with Gasteiger partial charge in [0.2, 0.25) is 11.8 Å². The van der Waals surface area contributed by atoms with Gasteiger partial charge in [-0.2, -0.15) is 5.10 Å². The van der Waals surface area contributed by atoms with Crippen molar-refractivity contribution in [2.24, 2.45) is 11.7 Å². The number of carbonyl (C=O) groups is 1. The van der Waals surface area contributed by atoms with E-state index in [1.165, 1.54) is 0 Å². The smallest absolute Gasteiger partial charge is 0.248 e. The minimum Gasteiger partial charge on any atom is -0.346 e. The number of halogens is 2. The summed E-state index contributed by atoms with van der Waals surface area (Å²) in [5, 5.41) is 5.63. The van der Waals surface area contributed by atoms with Crippen LogP contribution in [0.5, 0.6) is 0 Å². The summed E-state index contributed by atoms with van der Waals surface area (Å²) < 4.78 is 29.1. The highest BCUT2D eigenvalue weighted by Gasteiger charge is 2.48. The molecule has 0 radical (unpaired) electrons. The van der Waals surface area contributed by atoms with E-state index in [4.69, 9.17) is 5.73 Å². The minimum absolute atomic E-state index is 0.0617. The highest BCUT2D eigenvalue weighted by atomic mass is 19.3. The highest BCUT2D eigenvalue weighted by molar-refractivity contribution is 5.90. The highest BCUT2D eigenvalue weighted by Crippen LogP contribution is 2.39. The second kappa shape index (κ2) is 9.13. The molecule has 0 aromatic carbocycles. The molecule has 5 heterocycles. The molecule has 2 atom stereocenters. The fourth-order valence-corrected chi connectivity index (χ4v) is 6.47. The maximum absolute atomic E-state index is 13.5. The summed E-state index contributed by atoms with van der Waals surface area (Å²) in [6, 6.07) is 2.43. The summed E-state index contributed by atoms with van der Waals surface area (Å²) in [4.78, 5) is 29.3. The number of hydrogen-bond donors (Lipinski definition) is 2. The summed E-state index contributed by atoms with van der Waals surface area (Å²) >= 11 is 0. The lowest BCUT2D eigenvalue weighted by Crippen LogP contribution is -2.69. The van der Waals surface area contributed by atoms with Crippen LogP contribution in [0, 0.1) is 5.92 Å². The van der Waals surface area contributed by atoms with Crippen LogP contribution in [0.15, 0.2) is 31.0 Å². The third kappa shape index (κ3) is 4.31. The number of alkyl halides is 2. The van der Waals surface area contributed by atoms with Gasteiger partial charge in [-0.25, -0.2) is 18.7 Å². The van der Waals surface area contributed by atoms with Gasteiger partial charge in [0, 0.05) is 80.4 Å². The number of carbonyl (C=O) groups excluding carboxylic acids is 1. The van der Waals surface area contributed by atoms with E-state index in [1.54, 1.807) is 6.33 Å². The number of likely N-dealkylation sites (tertiary alicyclic amines) is 2. The normalized spacial score (nSPS) is 26.3. The monoisotopic (exact) mass is 512 g/mol. The lowest BCUT2D eigenvalue weighted by molar-refractivity contribution is -0.145. The van der Waals surface area contributed by atoms with Gasteiger partial charge < -0.3 is 15.6 Å². The zero-order chi connectivity index (χ0) is 25.8. The number of amides is 1. The van der Waals surface area contributed by atoms with E-state index in [2.05, 4.69) is 31.9 Å². The van der Waals surface area contributed by atoms with Gasteiger partial charge in [-0.3, -0.25) is 14.4 Å². The predicted octanol–water partition coefficient (Wildman–Crippen LogP) is 3.00. The van der Waals surface area contributed by atoms with Crippen molar-refractivity contribution in [1.82, 2.24) is 34.5 Å². The first-order valence-electron chi connectivity index (χ1n) is 13.2. The maximum Gasteiger partial charge on any atom is 0.248 e. The molecule has 1 saturated carbocycles. The molecule has 2 unspecified atom stereocenters. The molecular weight excluding hydrogens is 478 g/mol. The van der Waals surface area contributed by atoms with Crippen molar-refractivity contribution in [2.45, 2.75) is 69.0 Å². The molecule has 3 N–H and O–H groups in total. The first-order valence-corrected chi connectivity index (χ1v) is 13.2. The molecule has 3 fully saturated rings. The van der Waals surface area contributed by atoms with Gasteiger partial charge in [-0.05, 0) is 38.7 Å². The molecule has 1 aliphatic carbocycles. The van der Waals surface area contributed by atoms with E-state index in [-0.39, 0.29) is 36.2 Å². The number of hydrogen-bond acceptors (Lipinski definition) is 6. The zero-order valence-corrected chi connectivity index (χ0v) is 21.1. The Morgan fingerprint density at radius 2 is 2.00 bits per heavy atom. The molecule has 11 heteroatoms. The first-order chi connectivity index (χ1) is 17.8. The van der Waals surface area contributed by atoms with E-state index in [1.807, 2.05) is 34.2 Å². The number of H-pyrrole nitrogens is 1. The van der Waals surface area contributed by atoms with Gasteiger partial charge >= 0.3 is 0 Å². The summed E-state index contributed by atoms with van der Waals surface area (Å²) in [7, 11) is 0. The van der Waals surface area contributed by atoms with E-state index < -0.39 is 5.92 Å². The van der Waals surface area contributed by atoms with E-state index in [0.717, 1.165) is 48.2 Å². The number of nitrogens with two attached hydrogens (primary N) is 1. The Morgan fingerprint density at radius 3 is 2.73 bits per heavy atom. The summed E-state index contributed by atoms with van der Waals surface area (Å²) in [5.74, 6) is -2.81. The van der Waals surface area contributed by atoms with Crippen LogP contribution in [0.2, 0.25) is 0 Å². The van der Waals surface area contributed by atoms with Crippen molar-refractivity contribution in [3.8, 4) is 11.3 Å². The van der Waals surface area contributed by atoms with Crippen LogP contribution in [0.1, 0.15) is 45.4 Å². The Morgan fingerprint density at radius 1 is 1.22 bits per heavy atom. The molecule has 198 valence electrons. The van der Waals surface area contributed by atoms with Crippen LogP contribution in [-0.2, 0) is 10.3 Å². The lowest BCUT2D eigenvalue weighted by Gasteiger charge is -2.55. The van der Waals surface area contributed by atoms with Crippen molar-refractivity contribution < 1.29 is 13.6 Å². The predicted molar refractivity (Wildman–Crippen MR) is 135 cm³/mol. The topological polar surface area (TPSA) is 109 Å². The standard InChI is InChI=1S/C26H34F2N8O/c1-17-10-20(5-9-35(17)24(37)18-2-6-26(27,28)7-3-18)34-14-25(13-29,15-34)36-12-19(11-33-36)22-21-4-8-30-23(21)32-16-31-22/h4,8,11-12,16-18,20H,2-3,5-7,9-10,13-15,29H2,1H3,(H,30,31,32). The number of rotatable bonds is 5. The fourth-order valence-electron chi connectivity index (χ4n) is 6.47. The average Bonchev–Trinajstić information content (AvgIpc) is 3.54. The van der Waals surface area contributed by atoms with E-state index >= 15 is 0 Å². The summed E-state index contributed by atoms with van der Waals surface area (Å²) in [6.45, 7) is 4.85. The van der Waals surface area contributed by atoms with Crippen LogP contribution in [0.3, 0.4) is 0 Å². The van der Waals surface area contributed by atoms with Gasteiger partial charge in [0.05, 0.1) is 11.9 Å². The molecule has 6 rings (SSSR count). The molecule has 0 spiro atoms. The molecule has 3 aromatic rings.